The van der Waals surface area contributed by atoms with Gasteiger partial charge in [0.05, 0.1) is 0 Å². The summed E-state index contributed by atoms with van der Waals surface area (Å²) in [5.41, 5.74) is 0.898. The highest BCUT2D eigenvalue weighted by Gasteiger charge is 2.34. The van der Waals surface area contributed by atoms with Gasteiger partial charge in [0.1, 0.15) is 5.60 Å². The molecule has 24 heavy (non-hydrogen) atoms. The normalized spacial score (nSPS) is 16.8. The van der Waals surface area contributed by atoms with Gasteiger partial charge in [0, 0.05) is 38.3 Å². The molecular formula is C19H31N3O2. The first kappa shape index (κ1) is 18.7. The molecule has 5 heteroatoms. The zero-order chi connectivity index (χ0) is 17.7. The molecule has 1 heterocycles. The van der Waals surface area contributed by atoms with Crippen molar-refractivity contribution in [1.82, 2.24) is 15.1 Å². The molecule has 0 aromatic heterocycles. The number of likely N-dealkylation sites (N-methyl/N-ethyl adjacent to an activating group) is 1. The number of benzene rings is 1. The average molecular weight is 333 g/mol. The maximum Gasteiger partial charge on any atom is 0.410 e. The van der Waals surface area contributed by atoms with E-state index in [1.165, 1.54) is 5.56 Å². The fourth-order valence-corrected chi connectivity index (χ4v) is 2.94. The molecule has 0 aliphatic carbocycles. The summed E-state index contributed by atoms with van der Waals surface area (Å²) in [6.45, 7) is 11.2. The van der Waals surface area contributed by atoms with E-state index in [2.05, 4.69) is 48.5 Å². The van der Waals surface area contributed by atoms with Gasteiger partial charge in [0.25, 0.3) is 0 Å². The van der Waals surface area contributed by atoms with Gasteiger partial charge in [-0.2, -0.15) is 0 Å². The minimum Gasteiger partial charge on any atom is -0.444 e. The summed E-state index contributed by atoms with van der Waals surface area (Å²) in [6, 6.07) is 11.2. The number of nitrogens with zero attached hydrogens (tertiary/aromatic N) is 2. The number of carbonyl (C=O) groups excluding carboxylic acids is 1. The van der Waals surface area contributed by atoms with Gasteiger partial charge < -0.3 is 19.9 Å². The number of likely N-dealkylation sites (tertiary alicyclic amines) is 1. The number of hydrogen-bond donors (Lipinski definition) is 1. The van der Waals surface area contributed by atoms with Crippen LogP contribution in [-0.2, 0) is 11.3 Å². The molecule has 1 aromatic carbocycles. The Bertz CT molecular complexity index is 521. The van der Waals surface area contributed by atoms with E-state index < -0.39 is 5.60 Å². The maximum atomic E-state index is 11.9. The van der Waals surface area contributed by atoms with Crippen molar-refractivity contribution in [2.75, 3.05) is 26.7 Å². The third-order valence-corrected chi connectivity index (χ3v) is 3.93. The first-order valence-corrected chi connectivity index (χ1v) is 8.69. The first-order chi connectivity index (χ1) is 11.2. The highest BCUT2D eigenvalue weighted by molar-refractivity contribution is 5.69. The second-order valence-corrected chi connectivity index (χ2v) is 7.83. The predicted molar refractivity (Wildman–Crippen MR) is 97.0 cm³/mol. The van der Waals surface area contributed by atoms with E-state index in [1.54, 1.807) is 4.90 Å². The lowest BCUT2D eigenvalue weighted by atomic mass is 10.1. The van der Waals surface area contributed by atoms with Crippen LogP contribution in [0.5, 0.6) is 0 Å². The van der Waals surface area contributed by atoms with Crippen LogP contribution in [0.25, 0.3) is 0 Å². The third kappa shape index (κ3) is 6.13. The molecule has 0 saturated carbocycles. The molecule has 1 unspecified atom stereocenters. The Hall–Kier alpha value is -1.59. The Kier molecular flexibility index (Phi) is 6.24. The van der Waals surface area contributed by atoms with E-state index in [4.69, 9.17) is 4.74 Å². The van der Waals surface area contributed by atoms with E-state index >= 15 is 0 Å². The Balaban J connectivity index is 1.65. The van der Waals surface area contributed by atoms with Gasteiger partial charge in [0.15, 0.2) is 0 Å². The molecule has 5 nitrogen and oxygen atoms in total. The average Bonchev–Trinajstić information content (AvgIpc) is 2.41. The fourth-order valence-electron chi connectivity index (χ4n) is 2.94. The Labute approximate surface area is 146 Å². The van der Waals surface area contributed by atoms with Crippen molar-refractivity contribution < 1.29 is 9.53 Å². The maximum absolute atomic E-state index is 11.9. The highest BCUT2D eigenvalue weighted by Crippen LogP contribution is 2.15. The lowest BCUT2D eigenvalue weighted by molar-refractivity contribution is 0.00397. The molecule has 1 aliphatic heterocycles. The number of nitrogens with one attached hydrogen (secondary N) is 1. The van der Waals surface area contributed by atoms with Gasteiger partial charge in [-0.05, 0) is 40.3 Å². The van der Waals surface area contributed by atoms with Crippen LogP contribution in [0.15, 0.2) is 30.3 Å². The molecule has 134 valence electrons. The zero-order valence-corrected chi connectivity index (χ0v) is 15.6. The topological polar surface area (TPSA) is 44.8 Å². The fraction of sp³-hybridized carbons (Fsp3) is 0.632. The standard InChI is InChI=1S/C19H31N3O2/c1-15(11-21(5)12-16-9-7-6-8-10-16)20-17-13-22(14-17)18(23)24-19(2,3)4/h6-10,15,17,20H,11-14H2,1-5H3. The Morgan fingerprint density at radius 1 is 1.33 bits per heavy atom. The molecule has 0 spiro atoms. The molecule has 2 rings (SSSR count). The molecule has 1 aromatic rings. The number of amides is 1. The number of hydrogen-bond acceptors (Lipinski definition) is 4. The summed E-state index contributed by atoms with van der Waals surface area (Å²) >= 11 is 0. The van der Waals surface area contributed by atoms with Gasteiger partial charge in [-0.15, -0.1) is 0 Å². The Morgan fingerprint density at radius 3 is 2.54 bits per heavy atom. The molecule has 1 saturated heterocycles. The summed E-state index contributed by atoms with van der Waals surface area (Å²) in [4.78, 5) is 16.0. The van der Waals surface area contributed by atoms with Gasteiger partial charge in [-0.25, -0.2) is 4.79 Å². The van der Waals surface area contributed by atoms with Gasteiger partial charge in [-0.1, -0.05) is 30.3 Å². The summed E-state index contributed by atoms with van der Waals surface area (Å²) in [6.07, 6.45) is -0.214. The van der Waals surface area contributed by atoms with Crippen molar-refractivity contribution >= 4 is 6.09 Å². The Morgan fingerprint density at radius 2 is 1.96 bits per heavy atom. The number of ether oxygens (including phenoxy) is 1. The molecule has 1 amide bonds. The molecule has 1 atom stereocenters. The SMILES string of the molecule is CC(CN(C)Cc1ccccc1)NC1CN(C(=O)OC(C)(C)C)C1. The second kappa shape index (κ2) is 7.99. The largest absolute Gasteiger partial charge is 0.444 e. The molecule has 0 bridgehead atoms. The van der Waals surface area contributed by atoms with Gasteiger partial charge in [-0.3, -0.25) is 0 Å². The molecule has 0 radical (unpaired) electrons. The van der Waals surface area contributed by atoms with Crippen LogP contribution in [0.2, 0.25) is 0 Å². The van der Waals surface area contributed by atoms with E-state index in [0.717, 1.165) is 26.2 Å². The molecular weight excluding hydrogens is 302 g/mol. The predicted octanol–water partition coefficient (Wildman–Crippen LogP) is 2.72. The smallest absolute Gasteiger partial charge is 0.410 e. The lowest BCUT2D eigenvalue weighted by Gasteiger charge is -2.41. The van der Waals surface area contributed by atoms with E-state index in [0.29, 0.717) is 12.1 Å². The molecule has 1 N–H and O–H groups in total. The molecule has 1 aliphatic rings. The van der Waals surface area contributed by atoms with Crippen molar-refractivity contribution in [1.29, 1.82) is 0 Å². The van der Waals surface area contributed by atoms with Crippen molar-refractivity contribution in [3.8, 4) is 0 Å². The summed E-state index contributed by atoms with van der Waals surface area (Å²) < 4.78 is 5.38. The minimum atomic E-state index is -0.428. The van der Waals surface area contributed by atoms with Gasteiger partial charge >= 0.3 is 6.09 Å². The third-order valence-electron chi connectivity index (χ3n) is 3.93. The monoisotopic (exact) mass is 333 g/mol. The number of carbonyl (C=O) groups is 1. The van der Waals surface area contributed by atoms with Crippen molar-refractivity contribution in [2.45, 2.75) is 51.9 Å². The number of rotatable bonds is 6. The van der Waals surface area contributed by atoms with Crippen LogP contribution in [0, 0.1) is 0 Å². The van der Waals surface area contributed by atoms with Crippen LogP contribution in [0.1, 0.15) is 33.3 Å². The molecule has 1 fully saturated rings. The lowest BCUT2D eigenvalue weighted by Crippen LogP contribution is -2.62. The van der Waals surface area contributed by atoms with Crippen LogP contribution in [0.3, 0.4) is 0 Å². The van der Waals surface area contributed by atoms with Crippen LogP contribution in [0.4, 0.5) is 4.79 Å². The van der Waals surface area contributed by atoms with Crippen LogP contribution >= 0.6 is 0 Å². The van der Waals surface area contributed by atoms with Crippen LogP contribution in [-0.4, -0.2) is 60.3 Å². The van der Waals surface area contributed by atoms with Gasteiger partial charge in [0.2, 0.25) is 0 Å². The second-order valence-electron chi connectivity index (χ2n) is 7.83. The summed E-state index contributed by atoms with van der Waals surface area (Å²) in [5, 5.41) is 3.59. The van der Waals surface area contributed by atoms with Crippen molar-refractivity contribution in [2.24, 2.45) is 0 Å². The zero-order valence-electron chi connectivity index (χ0n) is 15.6. The quantitative estimate of drug-likeness (QED) is 0.869. The van der Waals surface area contributed by atoms with Crippen molar-refractivity contribution in [3.05, 3.63) is 35.9 Å². The van der Waals surface area contributed by atoms with Crippen molar-refractivity contribution in [3.63, 3.8) is 0 Å². The summed E-state index contributed by atoms with van der Waals surface area (Å²) in [5.74, 6) is 0. The van der Waals surface area contributed by atoms with E-state index in [-0.39, 0.29) is 6.09 Å². The highest BCUT2D eigenvalue weighted by atomic mass is 16.6. The van der Waals surface area contributed by atoms with Crippen LogP contribution < -0.4 is 5.32 Å². The van der Waals surface area contributed by atoms with E-state index in [9.17, 15) is 4.79 Å². The summed E-state index contributed by atoms with van der Waals surface area (Å²) in [7, 11) is 2.14. The van der Waals surface area contributed by atoms with E-state index in [1.807, 2.05) is 26.8 Å². The first-order valence-electron chi connectivity index (χ1n) is 8.69. The minimum absolute atomic E-state index is 0.214.